The number of carbonyl (C=O) groups is 2. The van der Waals surface area contributed by atoms with Crippen molar-refractivity contribution in [3.8, 4) is 0 Å². The molecule has 4 rings (SSSR count). The van der Waals surface area contributed by atoms with Crippen molar-refractivity contribution in [2.24, 2.45) is 28.6 Å². The van der Waals surface area contributed by atoms with E-state index in [0.717, 1.165) is 25.7 Å². The number of ketones is 2. The zero-order valence-corrected chi connectivity index (χ0v) is 19.4. The largest absolute Gasteiger partial charge is 0.393 e. The molecule has 0 unspecified atom stereocenters. The molecule has 4 aliphatic carbocycles. The fourth-order valence-electron chi connectivity index (χ4n) is 7.85. The number of fused-ring (bicyclic) bond motifs is 5. The van der Waals surface area contributed by atoms with Crippen molar-refractivity contribution < 1.29 is 29.3 Å². The second-order valence-corrected chi connectivity index (χ2v) is 11.0. The molecule has 0 spiro atoms. The van der Waals surface area contributed by atoms with E-state index < -0.39 is 23.7 Å². The average Bonchev–Trinajstić information content (AvgIpc) is 3.00. The molecule has 0 saturated heterocycles. The third-order valence-corrected chi connectivity index (χ3v) is 9.32. The van der Waals surface area contributed by atoms with E-state index in [2.05, 4.69) is 13.8 Å². The van der Waals surface area contributed by atoms with Gasteiger partial charge in [-0.25, -0.2) is 0 Å². The normalized spacial score (nSPS) is 44.5. The monoisotopic (exact) mass is 434 g/mol. The lowest BCUT2D eigenvalue weighted by Gasteiger charge is -2.61. The molecule has 0 aliphatic heterocycles. The van der Waals surface area contributed by atoms with Crippen molar-refractivity contribution in [3.05, 3.63) is 11.6 Å². The lowest BCUT2D eigenvalue weighted by atomic mass is 9.45. The van der Waals surface area contributed by atoms with Crippen LogP contribution in [0.5, 0.6) is 0 Å². The van der Waals surface area contributed by atoms with Crippen molar-refractivity contribution in [2.45, 2.75) is 90.4 Å². The van der Waals surface area contributed by atoms with Gasteiger partial charge < -0.3 is 19.7 Å². The number of hydrogen-bond donors (Lipinski definition) is 2. The molecule has 31 heavy (non-hydrogen) atoms. The highest BCUT2D eigenvalue weighted by molar-refractivity contribution is 5.92. The molecule has 0 heterocycles. The van der Waals surface area contributed by atoms with Gasteiger partial charge in [-0.3, -0.25) is 9.59 Å². The number of ether oxygens (including phenoxy) is 2. The molecule has 0 bridgehead atoms. The Morgan fingerprint density at radius 3 is 2.65 bits per heavy atom. The fourth-order valence-corrected chi connectivity index (χ4v) is 7.85. The Labute approximate surface area is 185 Å². The molecule has 0 radical (unpaired) electrons. The summed E-state index contributed by atoms with van der Waals surface area (Å²) in [5, 5.41) is 21.3. The minimum Gasteiger partial charge on any atom is -0.393 e. The van der Waals surface area contributed by atoms with Gasteiger partial charge in [-0.2, -0.15) is 0 Å². The van der Waals surface area contributed by atoms with Gasteiger partial charge in [0.2, 0.25) is 0 Å². The highest BCUT2D eigenvalue weighted by atomic mass is 16.7. The summed E-state index contributed by atoms with van der Waals surface area (Å²) in [5.74, 6) is 0.485. The Hall–Kier alpha value is -1.08. The maximum atomic E-state index is 13.1. The van der Waals surface area contributed by atoms with Crippen molar-refractivity contribution in [2.75, 3.05) is 13.4 Å². The fraction of sp³-hybridized carbons (Fsp3) is 0.840. The van der Waals surface area contributed by atoms with Crippen LogP contribution in [0.3, 0.4) is 0 Å². The van der Waals surface area contributed by atoms with Crippen LogP contribution in [-0.2, 0) is 19.1 Å². The summed E-state index contributed by atoms with van der Waals surface area (Å²) in [6.45, 7) is 7.57. The summed E-state index contributed by atoms with van der Waals surface area (Å²) in [6, 6.07) is 0. The van der Waals surface area contributed by atoms with Gasteiger partial charge in [0, 0.05) is 11.8 Å². The molecule has 0 aromatic carbocycles. The standard InChI is InChI=1S/C25H38O6/c1-15(2)30-14-31-25(21(29)13-26)10-8-19-18-6-5-16-11-17(27)7-9-23(16,3)22(18)20(28)12-24(19,25)4/h11,15,18-20,22,26,28H,5-10,12-14H2,1-4H3/t18-,19-,20-,22+,23-,24-,25-/m0/s1. The molecule has 7 atom stereocenters. The SMILES string of the molecule is CC(C)OCO[C@]1(C(=O)CO)CC[C@H]2[C@@H]3CCC4=CC(=O)CC[C@]4(C)[C@H]3[C@@H](O)C[C@@]21C. The number of aliphatic hydroxyl groups excluding tert-OH is 2. The summed E-state index contributed by atoms with van der Waals surface area (Å²) in [6.07, 6.45) is 6.21. The van der Waals surface area contributed by atoms with Crippen molar-refractivity contribution in [1.29, 1.82) is 0 Å². The van der Waals surface area contributed by atoms with Gasteiger partial charge >= 0.3 is 0 Å². The van der Waals surface area contributed by atoms with Crippen molar-refractivity contribution >= 4 is 11.6 Å². The topological polar surface area (TPSA) is 93.1 Å². The van der Waals surface area contributed by atoms with Gasteiger partial charge in [0.1, 0.15) is 19.0 Å². The zero-order chi connectivity index (χ0) is 22.6. The number of Topliss-reactive ketones (excluding diaryl/α,β-unsaturated/α-hetero) is 1. The molecule has 2 N–H and O–H groups in total. The smallest absolute Gasteiger partial charge is 0.190 e. The lowest BCUT2D eigenvalue weighted by Crippen LogP contribution is -2.63. The molecular formula is C25H38O6. The van der Waals surface area contributed by atoms with E-state index in [1.165, 1.54) is 5.57 Å². The maximum Gasteiger partial charge on any atom is 0.190 e. The molecule has 4 aliphatic rings. The van der Waals surface area contributed by atoms with E-state index in [9.17, 15) is 19.8 Å². The van der Waals surface area contributed by atoms with E-state index in [-0.39, 0.29) is 47.6 Å². The van der Waals surface area contributed by atoms with Gasteiger partial charge in [-0.15, -0.1) is 0 Å². The first-order valence-corrected chi connectivity index (χ1v) is 11.9. The summed E-state index contributed by atoms with van der Waals surface area (Å²) in [7, 11) is 0. The lowest BCUT2D eigenvalue weighted by molar-refractivity contribution is -0.224. The van der Waals surface area contributed by atoms with Crippen molar-refractivity contribution in [1.82, 2.24) is 0 Å². The van der Waals surface area contributed by atoms with Crippen LogP contribution < -0.4 is 0 Å². The van der Waals surface area contributed by atoms with Gasteiger partial charge in [0.05, 0.1) is 12.2 Å². The summed E-state index contributed by atoms with van der Waals surface area (Å²) in [5.41, 5.74) is -0.654. The zero-order valence-electron chi connectivity index (χ0n) is 19.4. The van der Waals surface area contributed by atoms with Crippen LogP contribution >= 0.6 is 0 Å². The molecule has 3 saturated carbocycles. The summed E-state index contributed by atoms with van der Waals surface area (Å²) < 4.78 is 11.8. The molecule has 3 fully saturated rings. The number of rotatable bonds is 6. The van der Waals surface area contributed by atoms with Gasteiger partial charge in [0.25, 0.3) is 0 Å². The van der Waals surface area contributed by atoms with Crippen LogP contribution in [-0.4, -0.2) is 53.0 Å². The number of allylic oxidation sites excluding steroid dienone is 1. The highest BCUT2D eigenvalue weighted by Crippen LogP contribution is 2.68. The van der Waals surface area contributed by atoms with Gasteiger partial charge in [-0.1, -0.05) is 19.4 Å². The van der Waals surface area contributed by atoms with Crippen LogP contribution in [0.25, 0.3) is 0 Å². The van der Waals surface area contributed by atoms with E-state index in [0.29, 0.717) is 19.3 Å². The molecule has 0 amide bonds. The minimum atomic E-state index is -1.13. The van der Waals surface area contributed by atoms with Gasteiger partial charge in [0.15, 0.2) is 11.6 Å². The van der Waals surface area contributed by atoms with E-state index in [1.807, 2.05) is 19.9 Å². The van der Waals surface area contributed by atoms with E-state index >= 15 is 0 Å². The van der Waals surface area contributed by atoms with Crippen LogP contribution in [0.2, 0.25) is 0 Å². The second-order valence-electron chi connectivity index (χ2n) is 11.0. The summed E-state index contributed by atoms with van der Waals surface area (Å²) >= 11 is 0. The Morgan fingerprint density at radius 1 is 1.23 bits per heavy atom. The highest BCUT2D eigenvalue weighted by Gasteiger charge is 2.69. The average molecular weight is 435 g/mol. The molecule has 6 nitrogen and oxygen atoms in total. The first-order valence-electron chi connectivity index (χ1n) is 11.9. The quantitative estimate of drug-likeness (QED) is 0.624. The first kappa shape index (κ1) is 23.1. The molecule has 0 aromatic heterocycles. The molecule has 6 heteroatoms. The maximum absolute atomic E-state index is 13.1. The van der Waals surface area contributed by atoms with Gasteiger partial charge in [-0.05, 0) is 81.6 Å². The third-order valence-electron chi connectivity index (χ3n) is 9.32. The predicted octanol–water partition coefficient (Wildman–Crippen LogP) is 3.19. The minimum absolute atomic E-state index is 0.00260. The Morgan fingerprint density at radius 2 is 1.97 bits per heavy atom. The predicted molar refractivity (Wildman–Crippen MR) is 115 cm³/mol. The van der Waals surface area contributed by atoms with Crippen LogP contribution in [0.4, 0.5) is 0 Å². The van der Waals surface area contributed by atoms with E-state index in [4.69, 9.17) is 9.47 Å². The number of aliphatic hydroxyl groups is 2. The molecule has 174 valence electrons. The van der Waals surface area contributed by atoms with Crippen molar-refractivity contribution in [3.63, 3.8) is 0 Å². The molecule has 0 aromatic rings. The molecular weight excluding hydrogens is 396 g/mol. The van der Waals surface area contributed by atoms with E-state index in [1.54, 1.807) is 0 Å². The Kier molecular flexibility index (Phi) is 6.00. The second kappa shape index (κ2) is 8.05. The number of hydrogen-bond acceptors (Lipinski definition) is 6. The van der Waals surface area contributed by atoms with Crippen LogP contribution in [0.1, 0.15) is 72.6 Å². The van der Waals surface area contributed by atoms with Crippen LogP contribution in [0, 0.1) is 28.6 Å². The number of carbonyl (C=O) groups excluding carboxylic acids is 2. The summed E-state index contributed by atoms with van der Waals surface area (Å²) in [4.78, 5) is 25.2. The van der Waals surface area contributed by atoms with Crippen LogP contribution in [0.15, 0.2) is 11.6 Å². The Bertz CT molecular complexity index is 774. The first-order chi connectivity index (χ1) is 14.6. The third kappa shape index (κ3) is 3.36. The Balaban J connectivity index is 1.68.